The molecule has 98 valence electrons. The van der Waals surface area contributed by atoms with E-state index in [-0.39, 0.29) is 12.0 Å². The lowest BCUT2D eigenvalue weighted by molar-refractivity contribution is -0.120. The Labute approximate surface area is 101 Å². The summed E-state index contributed by atoms with van der Waals surface area (Å²) in [5, 5.41) is 6.45. The molecule has 1 rings (SSSR count). The smallest absolute Gasteiger partial charge is 0.227 e. The maximum absolute atomic E-state index is 11.4. The summed E-state index contributed by atoms with van der Waals surface area (Å²) < 4.78 is 10.2. The molecule has 0 saturated heterocycles. The van der Waals surface area contributed by atoms with E-state index in [0.717, 1.165) is 6.42 Å². The van der Waals surface area contributed by atoms with Crippen molar-refractivity contribution in [1.29, 1.82) is 0 Å². The standard InChI is InChI=1S/C11H20N2O4/c1-9-8-10(13-17-9)12-11(14)4-7-16-6-3-5-15-2/h9H,3-8H2,1-2H3,(H,12,13,14). The third-order valence-electron chi connectivity index (χ3n) is 2.22. The number of nitrogens with one attached hydrogen (secondary N) is 1. The first-order valence-corrected chi connectivity index (χ1v) is 5.81. The number of oxime groups is 1. The van der Waals surface area contributed by atoms with Crippen LogP contribution in [0.2, 0.25) is 0 Å². The summed E-state index contributed by atoms with van der Waals surface area (Å²) in [7, 11) is 1.65. The minimum absolute atomic E-state index is 0.0515. The second kappa shape index (κ2) is 8.03. The molecule has 0 aromatic heterocycles. The van der Waals surface area contributed by atoms with E-state index in [1.165, 1.54) is 0 Å². The number of carbonyl (C=O) groups excluding carboxylic acids is 1. The molecule has 0 radical (unpaired) electrons. The molecule has 1 atom stereocenters. The predicted molar refractivity (Wildman–Crippen MR) is 62.7 cm³/mol. The highest BCUT2D eigenvalue weighted by Crippen LogP contribution is 2.07. The van der Waals surface area contributed by atoms with E-state index in [4.69, 9.17) is 14.3 Å². The van der Waals surface area contributed by atoms with Crippen LogP contribution in [0.1, 0.15) is 26.2 Å². The molecule has 0 fully saturated rings. The molecule has 0 aromatic rings. The Bertz CT molecular complexity index is 268. The third-order valence-corrected chi connectivity index (χ3v) is 2.22. The summed E-state index contributed by atoms with van der Waals surface area (Å²) in [4.78, 5) is 16.4. The fourth-order valence-electron chi connectivity index (χ4n) is 1.37. The summed E-state index contributed by atoms with van der Waals surface area (Å²) in [5.41, 5.74) is 0. The van der Waals surface area contributed by atoms with E-state index in [1.807, 2.05) is 6.92 Å². The zero-order valence-electron chi connectivity index (χ0n) is 10.4. The highest BCUT2D eigenvalue weighted by Gasteiger charge is 2.17. The van der Waals surface area contributed by atoms with Gasteiger partial charge >= 0.3 is 0 Å². The molecule has 1 amide bonds. The molecule has 0 aliphatic carbocycles. The Kier molecular flexibility index (Phi) is 6.57. The van der Waals surface area contributed by atoms with E-state index in [1.54, 1.807) is 7.11 Å². The first kappa shape index (κ1) is 13.9. The van der Waals surface area contributed by atoms with Crippen molar-refractivity contribution in [3.8, 4) is 0 Å². The van der Waals surface area contributed by atoms with Crippen LogP contribution in [-0.2, 0) is 19.1 Å². The second-order valence-corrected chi connectivity index (χ2v) is 3.92. The maximum Gasteiger partial charge on any atom is 0.227 e. The Hall–Kier alpha value is -1.14. The van der Waals surface area contributed by atoms with Crippen LogP contribution in [0.25, 0.3) is 0 Å². The van der Waals surface area contributed by atoms with Gasteiger partial charge in [-0.15, -0.1) is 0 Å². The molecule has 6 nitrogen and oxygen atoms in total. The number of ether oxygens (including phenoxy) is 2. The van der Waals surface area contributed by atoms with Crippen molar-refractivity contribution in [3.05, 3.63) is 0 Å². The fraction of sp³-hybridized carbons (Fsp3) is 0.818. The highest BCUT2D eigenvalue weighted by atomic mass is 16.6. The van der Waals surface area contributed by atoms with Gasteiger partial charge in [0.25, 0.3) is 0 Å². The molecule has 0 saturated carbocycles. The van der Waals surface area contributed by atoms with E-state index in [2.05, 4.69) is 10.5 Å². The minimum atomic E-state index is -0.0896. The van der Waals surface area contributed by atoms with Gasteiger partial charge < -0.3 is 19.6 Å². The first-order valence-electron chi connectivity index (χ1n) is 5.81. The van der Waals surface area contributed by atoms with Crippen LogP contribution in [0.4, 0.5) is 0 Å². The lowest BCUT2D eigenvalue weighted by atomic mass is 10.3. The average Bonchev–Trinajstić information content (AvgIpc) is 2.69. The summed E-state index contributed by atoms with van der Waals surface area (Å²) in [5.74, 6) is 0.509. The van der Waals surface area contributed by atoms with Gasteiger partial charge in [0.1, 0.15) is 6.10 Å². The van der Waals surface area contributed by atoms with Gasteiger partial charge in [-0.05, 0) is 13.3 Å². The number of methoxy groups -OCH3 is 1. The number of amidine groups is 1. The van der Waals surface area contributed by atoms with Crippen LogP contribution in [0.3, 0.4) is 0 Å². The summed E-state index contributed by atoms with van der Waals surface area (Å²) >= 11 is 0. The second-order valence-electron chi connectivity index (χ2n) is 3.92. The van der Waals surface area contributed by atoms with Crippen molar-refractivity contribution in [2.45, 2.75) is 32.3 Å². The van der Waals surface area contributed by atoms with Crippen molar-refractivity contribution in [2.75, 3.05) is 26.9 Å². The van der Waals surface area contributed by atoms with Crippen LogP contribution in [0.5, 0.6) is 0 Å². The maximum atomic E-state index is 11.4. The van der Waals surface area contributed by atoms with Crippen molar-refractivity contribution in [3.63, 3.8) is 0 Å². The average molecular weight is 244 g/mol. The minimum Gasteiger partial charge on any atom is -0.391 e. The van der Waals surface area contributed by atoms with Gasteiger partial charge in [0.05, 0.1) is 13.0 Å². The molecule has 17 heavy (non-hydrogen) atoms. The number of rotatable bonds is 7. The Morgan fingerprint density at radius 2 is 2.35 bits per heavy atom. The number of amides is 1. The van der Waals surface area contributed by atoms with Crippen molar-refractivity contribution in [1.82, 2.24) is 5.32 Å². The van der Waals surface area contributed by atoms with Crippen molar-refractivity contribution >= 4 is 11.7 Å². The molecule has 0 spiro atoms. The van der Waals surface area contributed by atoms with Crippen molar-refractivity contribution < 1.29 is 19.1 Å². The molecule has 1 N–H and O–H groups in total. The molecular formula is C11H20N2O4. The Morgan fingerprint density at radius 3 is 3.00 bits per heavy atom. The number of carbonyl (C=O) groups is 1. The van der Waals surface area contributed by atoms with Gasteiger partial charge in [-0.3, -0.25) is 4.79 Å². The van der Waals surface area contributed by atoms with Crippen LogP contribution in [0.15, 0.2) is 5.16 Å². The lowest BCUT2D eigenvalue weighted by Crippen LogP contribution is -2.30. The summed E-state index contributed by atoms with van der Waals surface area (Å²) in [6, 6.07) is 0. The zero-order chi connectivity index (χ0) is 12.5. The van der Waals surface area contributed by atoms with E-state index >= 15 is 0 Å². The van der Waals surface area contributed by atoms with Gasteiger partial charge in [-0.25, -0.2) is 0 Å². The topological polar surface area (TPSA) is 69.2 Å². The molecule has 1 aliphatic rings. The van der Waals surface area contributed by atoms with Crippen molar-refractivity contribution in [2.24, 2.45) is 5.16 Å². The summed E-state index contributed by atoms with van der Waals surface area (Å²) in [6.45, 7) is 3.61. The molecule has 0 bridgehead atoms. The molecular weight excluding hydrogens is 224 g/mol. The van der Waals surface area contributed by atoms with Gasteiger partial charge in [0, 0.05) is 26.7 Å². The van der Waals surface area contributed by atoms with Crippen LogP contribution < -0.4 is 5.32 Å². The third kappa shape index (κ3) is 6.23. The van der Waals surface area contributed by atoms with Crippen LogP contribution in [-0.4, -0.2) is 44.8 Å². The monoisotopic (exact) mass is 244 g/mol. The van der Waals surface area contributed by atoms with Gasteiger partial charge in [-0.1, -0.05) is 5.16 Å². The molecule has 1 heterocycles. The predicted octanol–water partition coefficient (Wildman–Crippen LogP) is 0.668. The Balaban J connectivity index is 1.98. The van der Waals surface area contributed by atoms with E-state index in [9.17, 15) is 4.79 Å². The quantitative estimate of drug-likeness (QED) is 0.668. The number of hydrogen-bond donors (Lipinski definition) is 1. The van der Waals surface area contributed by atoms with Crippen LogP contribution >= 0.6 is 0 Å². The van der Waals surface area contributed by atoms with E-state index < -0.39 is 0 Å². The largest absolute Gasteiger partial charge is 0.391 e. The molecule has 1 unspecified atom stereocenters. The zero-order valence-corrected chi connectivity index (χ0v) is 10.4. The molecule has 0 aromatic carbocycles. The van der Waals surface area contributed by atoms with Crippen LogP contribution in [0, 0.1) is 0 Å². The Morgan fingerprint density at radius 1 is 1.53 bits per heavy atom. The van der Waals surface area contributed by atoms with Gasteiger partial charge in [0.15, 0.2) is 5.84 Å². The number of hydrogen-bond acceptors (Lipinski definition) is 5. The normalized spacial score (nSPS) is 18.7. The van der Waals surface area contributed by atoms with Gasteiger partial charge in [-0.2, -0.15) is 0 Å². The molecule has 1 aliphatic heterocycles. The number of nitrogens with zero attached hydrogens (tertiary/aromatic N) is 1. The lowest BCUT2D eigenvalue weighted by Gasteiger charge is -2.04. The highest BCUT2D eigenvalue weighted by molar-refractivity contribution is 5.98. The fourth-order valence-corrected chi connectivity index (χ4v) is 1.37. The van der Waals surface area contributed by atoms with E-state index in [0.29, 0.717) is 38.5 Å². The SMILES string of the molecule is COCCCOCCC(=O)NC1=NOC(C)C1. The van der Waals surface area contributed by atoms with Gasteiger partial charge in [0.2, 0.25) is 5.91 Å². The first-order chi connectivity index (χ1) is 8.22. The molecule has 6 heteroatoms. The summed E-state index contributed by atoms with van der Waals surface area (Å²) in [6.07, 6.45) is 1.88.